The molecule has 0 bridgehead atoms. The van der Waals surface area contributed by atoms with Crippen LogP contribution < -0.4 is 4.90 Å². The van der Waals surface area contributed by atoms with Gasteiger partial charge in [0.05, 0.1) is 21.2 Å². The van der Waals surface area contributed by atoms with Gasteiger partial charge in [-0.25, -0.2) is 9.78 Å². The third-order valence-corrected chi connectivity index (χ3v) is 4.89. The third-order valence-electron chi connectivity index (χ3n) is 4.67. The van der Waals surface area contributed by atoms with Gasteiger partial charge in [-0.2, -0.15) is 0 Å². The fourth-order valence-electron chi connectivity index (χ4n) is 3.33. The summed E-state index contributed by atoms with van der Waals surface area (Å²) in [7, 11) is 0. The number of anilines is 1. The second kappa shape index (κ2) is 7.47. The molecule has 0 saturated carbocycles. The van der Waals surface area contributed by atoms with Gasteiger partial charge >= 0.3 is 5.97 Å². The Labute approximate surface area is 165 Å². The van der Waals surface area contributed by atoms with Gasteiger partial charge in [0.1, 0.15) is 17.9 Å². The quantitative estimate of drug-likeness (QED) is 0.367. The standard InChI is InChI=1S/C19H17ClN4O4/c20-14-4-6-18-21-15(11-23(18)10-14)12-28-19(25)13-3-5-16(17(9-13)24(26)27)22-7-1-2-8-22/h3-6,9-11H,1-2,7-8,12H2. The molecule has 8 nitrogen and oxygen atoms in total. The molecule has 3 aromatic rings. The second-order valence-corrected chi connectivity index (χ2v) is 7.01. The van der Waals surface area contributed by atoms with E-state index in [1.807, 2.05) is 4.90 Å². The first-order valence-corrected chi connectivity index (χ1v) is 9.23. The number of hydrogen-bond donors (Lipinski definition) is 0. The fraction of sp³-hybridized carbons (Fsp3) is 0.263. The van der Waals surface area contributed by atoms with Crippen molar-refractivity contribution in [2.75, 3.05) is 18.0 Å². The van der Waals surface area contributed by atoms with Crippen molar-refractivity contribution in [3.63, 3.8) is 0 Å². The molecule has 9 heteroatoms. The lowest BCUT2D eigenvalue weighted by Crippen LogP contribution is -2.19. The molecule has 0 atom stereocenters. The first kappa shape index (κ1) is 18.2. The number of carbonyl (C=O) groups is 1. The number of benzene rings is 1. The Morgan fingerprint density at radius 1 is 1.21 bits per heavy atom. The van der Waals surface area contributed by atoms with Crippen LogP contribution in [0.1, 0.15) is 28.9 Å². The fourth-order valence-corrected chi connectivity index (χ4v) is 3.50. The third kappa shape index (κ3) is 3.63. The highest BCUT2D eigenvalue weighted by atomic mass is 35.5. The van der Waals surface area contributed by atoms with Crippen LogP contribution in [-0.4, -0.2) is 33.4 Å². The molecular weight excluding hydrogens is 384 g/mol. The van der Waals surface area contributed by atoms with Gasteiger partial charge in [-0.15, -0.1) is 0 Å². The lowest BCUT2D eigenvalue weighted by atomic mass is 10.1. The van der Waals surface area contributed by atoms with E-state index in [2.05, 4.69) is 4.98 Å². The number of halogens is 1. The van der Waals surface area contributed by atoms with Crippen molar-refractivity contribution in [1.29, 1.82) is 0 Å². The van der Waals surface area contributed by atoms with E-state index in [9.17, 15) is 14.9 Å². The summed E-state index contributed by atoms with van der Waals surface area (Å²) >= 11 is 5.94. The Morgan fingerprint density at radius 2 is 2.00 bits per heavy atom. The Balaban J connectivity index is 1.50. The number of aromatic nitrogens is 2. The molecule has 1 aliphatic rings. The number of carbonyl (C=O) groups excluding carboxylic acids is 1. The van der Waals surface area contributed by atoms with Crippen molar-refractivity contribution in [2.45, 2.75) is 19.4 Å². The van der Waals surface area contributed by atoms with E-state index in [4.69, 9.17) is 16.3 Å². The number of ether oxygens (including phenoxy) is 1. The molecule has 0 amide bonds. The van der Waals surface area contributed by atoms with E-state index in [1.165, 1.54) is 6.07 Å². The molecule has 0 spiro atoms. The lowest BCUT2D eigenvalue weighted by Gasteiger charge is -2.17. The van der Waals surface area contributed by atoms with Crippen molar-refractivity contribution < 1.29 is 14.5 Å². The SMILES string of the molecule is O=C(OCc1cn2cc(Cl)ccc2n1)c1ccc(N2CCCC2)c([N+](=O)[O-])c1. The molecule has 0 aliphatic carbocycles. The largest absolute Gasteiger partial charge is 0.456 e. The number of fused-ring (bicyclic) bond motifs is 1. The van der Waals surface area contributed by atoms with Crippen molar-refractivity contribution in [1.82, 2.24) is 9.38 Å². The number of nitro groups is 1. The molecule has 3 heterocycles. The molecule has 0 unspecified atom stereocenters. The zero-order chi connectivity index (χ0) is 19.7. The number of nitrogens with zero attached hydrogens (tertiary/aromatic N) is 4. The first-order valence-electron chi connectivity index (χ1n) is 8.85. The number of imidazole rings is 1. The first-order chi connectivity index (χ1) is 13.5. The highest BCUT2D eigenvalue weighted by molar-refractivity contribution is 6.30. The zero-order valence-electron chi connectivity index (χ0n) is 14.9. The van der Waals surface area contributed by atoms with Gasteiger partial charge in [0.15, 0.2) is 0 Å². The number of hydrogen-bond acceptors (Lipinski definition) is 6. The molecule has 28 heavy (non-hydrogen) atoms. The van der Waals surface area contributed by atoms with Crippen molar-refractivity contribution in [2.24, 2.45) is 0 Å². The average molecular weight is 401 g/mol. The Morgan fingerprint density at radius 3 is 2.75 bits per heavy atom. The molecule has 1 fully saturated rings. The van der Waals surface area contributed by atoms with E-state index in [-0.39, 0.29) is 17.9 Å². The Bertz CT molecular complexity index is 1060. The van der Waals surface area contributed by atoms with Crippen LogP contribution in [0.2, 0.25) is 5.02 Å². The molecule has 2 aromatic heterocycles. The molecule has 144 valence electrons. The summed E-state index contributed by atoms with van der Waals surface area (Å²) in [5, 5.41) is 12.0. The highest BCUT2D eigenvalue weighted by Crippen LogP contribution is 2.31. The number of pyridine rings is 1. The van der Waals surface area contributed by atoms with Crippen LogP contribution >= 0.6 is 11.6 Å². The van der Waals surface area contributed by atoms with Gasteiger partial charge in [0.2, 0.25) is 0 Å². The normalized spacial score (nSPS) is 13.8. The summed E-state index contributed by atoms with van der Waals surface area (Å²) in [5.41, 5.74) is 1.83. The minimum atomic E-state index is -0.633. The number of esters is 1. The van der Waals surface area contributed by atoms with E-state index >= 15 is 0 Å². The maximum Gasteiger partial charge on any atom is 0.338 e. The summed E-state index contributed by atoms with van der Waals surface area (Å²) in [6.45, 7) is 1.52. The molecule has 1 aromatic carbocycles. The molecule has 0 radical (unpaired) electrons. The van der Waals surface area contributed by atoms with Crippen LogP contribution in [0.5, 0.6) is 0 Å². The van der Waals surface area contributed by atoms with Crippen molar-refractivity contribution in [3.05, 3.63) is 69.1 Å². The van der Waals surface area contributed by atoms with Gasteiger partial charge in [-0.3, -0.25) is 10.1 Å². The van der Waals surface area contributed by atoms with E-state index in [1.54, 1.807) is 41.1 Å². The van der Waals surface area contributed by atoms with Crippen LogP contribution in [0.4, 0.5) is 11.4 Å². The van der Waals surface area contributed by atoms with Crippen LogP contribution in [0, 0.1) is 10.1 Å². The smallest absolute Gasteiger partial charge is 0.338 e. The molecule has 0 N–H and O–H groups in total. The van der Waals surface area contributed by atoms with E-state index in [0.717, 1.165) is 25.9 Å². The zero-order valence-corrected chi connectivity index (χ0v) is 15.6. The monoisotopic (exact) mass is 400 g/mol. The van der Waals surface area contributed by atoms with Gasteiger partial charge in [0.25, 0.3) is 5.69 Å². The van der Waals surface area contributed by atoms with Gasteiger partial charge < -0.3 is 14.0 Å². The highest BCUT2D eigenvalue weighted by Gasteiger charge is 2.24. The average Bonchev–Trinajstić information content (AvgIpc) is 3.34. The van der Waals surface area contributed by atoms with Crippen LogP contribution in [0.3, 0.4) is 0 Å². The van der Waals surface area contributed by atoms with E-state index in [0.29, 0.717) is 22.1 Å². The molecule has 1 aliphatic heterocycles. The lowest BCUT2D eigenvalue weighted by molar-refractivity contribution is -0.384. The van der Waals surface area contributed by atoms with Crippen molar-refractivity contribution >= 4 is 34.6 Å². The Hall–Kier alpha value is -3.13. The summed E-state index contributed by atoms with van der Waals surface area (Å²) in [4.78, 5) is 29.7. The minimum Gasteiger partial charge on any atom is -0.456 e. The summed E-state index contributed by atoms with van der Waals surface area (Å²) in [6, 6.07) is 7.94. The van der Waals surface area contributed by atoms with Gasteiger partial charge in [-0.05, 0) is 37.1 Å². The van der Waals surface area contributed by atoms with Crippen LogP contribution in [-0.2, 0) is 11.3 Å². The predicted molar refractivity (Wildman–Crippen MR) is 104 cm³/mol. The maximum atomic E-state index is 12.4. The molecular formula is C19H17ClN4O4. The molecule has 4 rings (SSSR count). The van der Waals surface area contributed by atoms with Gasteiger partial charge in [0, 0.05) is 31.5 Å². The van der Waals surface area contributed by atoms with Crippen molar-refractivity contribution in [3.8, 4) is 0 Å². The second-order valence-electron chi connectivity index (χ2n) is 6.58. The Kier molecular flexibility index (Phi) is 4.87. The summed E-state index contributed by atoms with van der Waals surface area (Å²) in [5.74, 6) is -0.633. The molecule has 1 saturated heterocycles. The topological polar surface area (TPSA) is 90.0 Å². The van der Waals surface area contributed by atoms with Crippen LogP contribution in [0.15, 0.2) is 42.7 Å². The number of rotatable bonds is 5. The summed E-state index contributed by atoms with van der Waals surface area (Å²) < 4.78 is 7.03. The predicted octanol–water partition coefficient (Wildman–Crippen LogP) is 3.85. The maximum absolute atomic E-state index is 12.4. The minimum absolute atomic E-state index is 0.0419. The van der Waals surface area contributed by atoms with Crippen LogP contribution in [0.25, 0.3) is 5.65 Å². The van der Waals surface area contributed by atoms with E-state index < -0.39 is 10.9 Å². The number of nitro benzene ring substituents is 1. The van der Waals surface area contributed by atoms with Gasteiger partial charge in [-0.1, -0.05) is 11.6 Å². The summed E-state index contributed by atoms with van der Waals surface area (Å²) in [6.07, 6.45) is 5.43.